The van der Waals surface area contributed by atoms with Gasteiger partial charge in [0, 0.05) is 7.05 Å². The van der Waals surface area contributed by atoms with E-state index in [0.29, 0.717) is 11.4 Å². The lowest BCUT2D eigenvalue weighted by Gasteiger charge is -2.14. The van der Waals surface area contributed by atoms with Crippen LogP contribution in [-0.4, -0.2) is 27.1 Å². The van der Waals surface area contributed by atoms with Gasteiger partial charge >= 0.3 is 10.3 Å². The van der Waals surface area contributed by atoms with Gasteiger partial charge < -0.3 is 4.74 Å². The lowest BCUT2D eigenvalue weighted by Crippen LogP contribution is -2.25. The summed E-state index contributed by atoms with van der Waals surface area (Å²) in [4.78, 5) is 0. The van der Waals surface area contributed by atoms with Gasteiger partial charge in [0.15, 0.2) is 0 Å². The minimum Gasteiger partial charge on any atom is -0.497 e. The summed E-state index contributed by atoms with van der Waals surface area (Å²) in [6.07, 6.45) is 0. The molecule has 0 aliphatic rings. The van der Waals surface area contributed by atoms with Gasteiger partial charge in [-0.15, -0.1) is 0 Å². The van der Waals surface area contributed by atoms with Gasteiger partial charge in [0.25, 0.3) is 0 Å². The molecule has 0 aromatic heterocycles. The molecule has 1 aromatic carbocycles. The molecule has 0 fully saturated rings. The Bertz CT molecular complexity index is 398. The van der Waals surface area contributed by atoms with Gasteiger partial charge in [0.05, 0.1) is 12.8 Å². The number of nitrogens with zero attached hydrogens (tertiary/aromatic N) is 1. The summed E-state index contributed by atoms with van der Waals surface area (Å²) in [6, 6.07) is 6.28. The van der Waals surface area contributed by atoms with Crippen molar-refractivity contribution in [3.8, 4) is 5.75 Å². The molecule has 0 radical (unpaired) electrons. The molecule has 0 saturated heterocycles. The van der Waals surface area contributed by atoms with Crippen LogP contribution in [0.15, 0.2) is 24.3 Å². The molecule has 1 rings (SSSR count). The number of rotatable bonds is 3. The van der Waals surface area contributed by atoms with Crippen LogP contribution in [0.4, 0.5) is 5.69 Å². The quantitative estimate of drug-likeness (QED) is 0.765. The summed E-state index contributed by atoms with van der Waals surface area (Å²) in [5.74, 6) is 0.623. The second kappa shape index (κ2) is 3.85. The molecule has 0 amide bonds. The fourth-order valence-corrected chi connectivity index (χ4v) is 1.31. The van der Waals surface area contributed by atoms with Crippen molar-refractivity contribution in [2.75, 3.05) is 18.5 Å². The Kier molecular flexibility index (Phi) is 2.97. The number of ether oxygens (including phenoxy) is 1. The highest BCUT2D eigenvalue weighted by molar-refractivity contribution is 7.87. The van der Waals surface area contributed by atoms with Crippen molar-refractivity contribution in [2.45, 2.75) is 0 Å². The third-order valence-corrected chi connectivity index (χ3v) is 2.69. The maximum absolute atomic E-state index is 10.7. The van der Waals surface area contributed by atoms with Gasteiger partial charge in [-0.1, -0.05) is 0 Å². The van der Waals surface area contributed by atoms with Crippen LogP contribution < -0.4 is 9.04 Å². The third-order valence-electron chi connectivity index (χ3n) is 1.78. The second-order valence-electron chi connectivity index (χ2n) is 2.64. The molecule has 0 spiro atoms. The van der Waals surface area contributed by atoms with E-state index in [1.165, 1.54) is 26.3 Å². The van der Waals surface area contributed by atoms with Crippen LogP contribution in [0.25, 0.3) is 0 Å². The molecule has 5 nitrogen and oxygen atoms in total. The zero-order chi connectivity index (χ0) is 10.8. The fraction of sp³-hybridized carbons (Fsp3) is 0.250. The molecule has 1 aromatic rings. The average Bonchev–Trinajstić information content (AvgIpc) is 2.15. The van der Waals surface area contributed by atoms with Crippen molar-refractivity contribution in [1.29, 1.82) is 0 Å². The van der Waals surface area contributed by atoms with Gasteiger partial charge in [0.2, 0.25) is 0 Å². The Labute approximate surface area is 82.8 Å². The van der Waals surface area contributed by atoms with E-state index in [1.54, 1.807) is 12.1 Å². The van der Waals surface area contributed by atoms with Crippen LogP contribution >= 0.6 is 0 Å². The van der Waals surface area contributed by atoms with Gasteiger partial charge in [-0.3, -0.25) is 8.86 Å². The van der Waals surface area contributed by atoms with E-state index in [2.05, 4.69) is 0 Å². The number of benzene rings is 1. The number of hydrogen-bond donors (Lipinski definition) is 1. The lowest BCUT2D eigenvalue weighted by atomic mass is 10.3. The minimum absolute atomic E-state index is 0.369. The normalized spacial score (nSPS) is 11.1. The van der Waals surface area contributed by atoms with Crippen LogP contribution in [-0.2, 0) is 10.3 Å². The topological polar surface area (TPSA) is 66.8 Å². The Balaban J connectivity index is 2.98. The van der Waals surface area contributed by atoms with Crippen molar-refractivity contribution in [1.82, 2.24) is 0 Å². The van der Waals surface area contributed by atoms with Crippen LogP contribution in [0.2, 0.25) is 0 Å². The van der Waals surface area contributed by atoms with Crippen LogP contribution in [0.1, 0.15) is 0 Å². The summed E-state index contributed by atoms with van der Waals surface area (Å²) in [5.41, 5.74) is 0.369. The fourth-order valence-electron chi connectivity index (χ4n) is 0.925. The number of anilines is 1. The van der Waals surface area contributed by atoms with E-state index >= 15 is 0 Å². The first-order valence-corrected chi connectivity index (χ1v) is 5.20. The van der Waals surface area contributed by atoms with Gasteiger partial charge in [0.1, 0.15) is 5.75 Å². The van der Waals surface area contributed by atoms with Crippen LogP contribution in [0.5, 0.6) is 5.75 Å². The van der Waals surface area contributed by atoms with E-state index in [1.807, 2.05) is 0 Å². The Morgan fingerprint density at radius 2 is 1.79 bits per heavy atom. The zero-order valence-electron chi connectivity index (χ0n) is 7.84. The van der Waals surface area contributed by atoms with E-state index in [4.69, 9.17) is 9.29 Å². The molecule has 78 valence electrons. The maximum atomic E-state index is 10.7. The molecular formula is C8H11NO4S. The van der Waals surface area contributed by atoms with Crippen molar-refractivity contribution in [2.24, 2.45) is 0 Å². The zero-order valence-corrected chi connectivity index (χ0v) is 8.65. The third kappa shape index (κ3) is 2.36. The monoisotopic (exact) mass is 217 g/mol. The predicted molar refractivity (Wildman–Crippen MR) is 52.9 cm³/mol. The van der Waals surface area contributed by atoms with Gasteiger partial charge in [-0.25, -0.2) is 0 Å². The Morgan fingerprint density at radius 3 is 2.14 bits per heavy atom. The van der Waals surface area contributed by atoms with Gasteiger partial charge in [-0.2, -0.15) is 8.42 Å². The number of hydrogen-bond acceptors (Lipinski definition) is 3. The average molecular weight is 217 g/mol. The SMILES string of the molecule is COc1ccc(N(C)S(=O)(=O)O)cc1. The summed E-state index contributed by atoms with van der Waals surface area (Å²) in [6.45, 7) is 0. The van der Waals surface area contributed by atoms with E-state index < -0.39 is 10.3 Å². The van der Waals surface area contributed by atoms with Crippen LogP contribution in [0, 0.1) is 0 Å². The first kappa shape index (κ1) is 10.8. The maximum Gasteiger partial charge on any atom is 0.359 e. The molecular weight excluding hydrogens is 206 g/mol. The Hall–Kier alpha value is -1.27. The Morgan fingerprint density at radius 1 is 1.29 bits per heavy atom. The molecule has 0 bridgehead atoms. The second-order valence-corrected chi connectivity index (χ2v) is 4.09. The molecule has 1 N–H and O–H groups in total. The highest BCUT2D eigenvalue weighted by atomic mass is 32.2. The molecule has 0 heterocycles. The van der Waals surface area contributed by atoms with Crippen molar-refractivity contribution in [3.63, 3.8) is 0 Å². The smallest absolute Gasteiger partial charge is 0.359 e. The highest BCUT2D eigenvalue weighted by Crippen LogP contribution is 2.19. The lowest BCUT2D eigenvalue weighted by molar-refractivity contribution is 0.415. The van der Waals surface area contributed by atoms with E-state index in [-0.39, 0.29) is 0 Å². The molecule has 14 heavy (non-hydrogen) atoms. The summed E-state index contributed by atoms with van der Waals surface area (Å²) in [7, 11) is -1.41. The predicted octanol–water partition coefficient (Wildman–Crippen LogP) is 0.934. The first-order chi connectivity index (χ1) is 6.45. The summed E-state index contributed by atoms with van der Waals surface area (Å²) >= 11 is 0. The van der Waals surface area contributed by atoms with E-state index in [0.717, 1.165) is 4.31 Å². The minimum atomic E-state index is -4.18. The number of methoxy groups -OCH3 is 1. The van der Waals surface area contributed by atoms with E-state index in [9.17, 15) is 8.42 Å². The summed E-state index contributed by atoms with van der Waals surface area (Å²) in [5, 5.41) is 0. The van der Waals surface area contributed by atoms with Crippen molar-refractivity contribution < 1.29 is 17.7 Å². The van der Waals surface area contributed by atoms with Crippen molar-refractivity contribution in [3.05, 3.63) is 24.3 Å². The van der Waals surface area contributed by atoms with Gasteiger partial charge in [-0.05, 0) is 24.3 Å². The molecule has 0 aliphatic heterocycles. The molecule has 0 atom stereocenters. The summed E-state index contributed by atoms with van der Waals surface area (Å²) < 4.78 is 35.9. The standard InChI is InChI=1S/C8H11NO4S/c1-9(14(10,11)12)7-3-5-8(13-2)6-4-7/h3-6H,1-2H3,(H,10,11,12). The largest absolute Gasteiger partial charge is 0.497 e. The molecule has 0 unspecified atom stereocenters. The first-order valence-electron chi connectivity index (χ1n) is 3.80. The van der Waals surface area contributed by atoms with Crippen LogP contribution in [0.3, 0.4) is 0 Å². The molecule has 6 heteroatoms. The van der Waals surface area contributed by atoms with Crippen molar-refractivity contribution >= 4 is 16.0 Å². The molecule has 0 aliphatic carbocycles. The molecule has 0 saturated carbocycles. The highest BCUT2D eigenvalue weighted by Gasteiger charge is 2.13.